The van der Waals surface area contributed by atoms with Crippen molar-refractivity contribution in [1.29, 1.82) is 0 Å². The molecule has 1 heterocycles. The first-order valence-corrected chi connectivity index (χ1v) is 3.84. The molecule has 0 aromatic heterocycles. The van der Waals surface area contributed by atoms with Gasteiger partial charge in [0.2, 0.25) is 5.91 Å². The summed E-state index contributed by atoms with van der Waals surface area (Å²) in [6.45, 7) is 1.49. The predicted octanol–water partition coefficient (Wildman–Crippen LogP) is -0.599. The van der Waals surface area contributed by atoms with E-state index in [1.165, 1.54) is 6.92 Å². The Hall–Kier alpha value is -1.59. The number of carboxylic acid groups (broad SMARTS) is 1. The fourth-order valence-corrected chi connectivity index (χ4v) is 1.22. The normalized spacial score (nSPS) is 18.7. The minimum absolute atomic E-state index is 0.0389. The summed E-state index contributed by atoms with van der Waals surface area (Å²) in [5.41, 5.74) is 0. The number of hydrogen-bond acceptors (Lipinski definition) is 3. The summed E-state index contributed by atoms with van der Waals surface area (Å²) < 4.78 is 0. The number of carbonyl (C=O) groups excluding carboxylic acids is 2. The molecule has 1 saturated heterocycles. The Morgan fingerprint density at radius 1 is 1.69 bits per heavy atom. The summed E-state index contributed by atoms with van der Waals surface area (Å²) in [6.07, 6.45) is -0.223. The highest BCUT2D eigenvalue weighted by molar-refractivity contribution is 6.02. The Labute approximate surface area is 74.5 Å². The lowest BCUT2D eigenvalue weighted by atomic mass is 10.2. The van der Waals surface area contributed by atoms with Gasteiger partial charge in [0.1, 0.15) is 0 Å². The van der Waals surface area contributed by atoms with Crippen molar-refractivity contribution in [1.82, 2.24) is 10.2 Å². The van der Waals surface area contributed by atoms with Crippen LogP contribution >= 0.6 is 0 Å². The minimum Gasteiger partial charge on any atom is -0.481 e. The number of rotatable bonds is 3. The highest BCUT2D eigenvalue weighted by Crippen LogP contribution is 2.08. The van der Waals surface area contributed by atoms with Gasteiger partial charge in [0.05, 0.1) is 13.0 Å². The van der Waals surface area contributed by atoms with Crippen LogP contribution in [0.5, 0.6) is 0 Å². The summed E-state index contributed by atoms with van der Waals surface area (Å²) >= 11 is 0. The first-order valence-electron chi connectivity index (χ1n) is 3.84. The summed E-state index contributed by atoms with van der Waals surface area (Å²) in [7, 11) is 0. The molecule has 1 aliphatic rings. The number of amides is 3. The predicted molar refractivity (Wildman–Crippen MR) is 42.0 cm³/mol. The van der Waals surface area contributed by atoms with E-state index >= 15 is 0 Å². The van der Waals surface area contributed by atoms with Gasteiger partial charge >= 0.3 is 12.0 Å². The Kier molecular flexibility index (Phi) is 2.50. The topological polar surface area (TPSA) is 86.7 Å². The Morgan fingerprint density at radius 2 is 2.31 bits per heavy atom. The summed E-state index contributed by atoms with van der Waals surface area (Å²) in [4.78, 5) is 33.3. The Morgan fingerprint density at radius 3 is 2.69 bits per heavy atom. The standard InChI is InChI=1S/C7H10N2O4/c1-4(2-6(11)12)9-5(10)3-8-7(9)13/h4H,2-3H2,1H3,(H,8,13)(H,11,12). The second-order valence-corrected chi connectivity index (χ2v) is 2.87. The largest absolute Gasteiger partial charge is 0.481 e. The average molecular weight is 186 g/mol. The quantitative estimate of drug-likeness (QED) is 0.576. The highest BCUT2D eigenvalue weighted by Gasteiger charge is 2.33. The van der Waals surface area contributed by atoms with Gasteiger partial charge in [0.25, 0.3) is 0 Å². The zero-order valence-corrected chi connectivity index (χ0v) is 7.11. The van der Waals surface area contributed by atoms with Crippen molar-refractivity contribution < 1.29 is 19.5 Å². The molecule has 1 rings (SSSR count). The summed E-state index contributed by atoms with van der Waals surface area (Å²) in [5, 5.41) is 10.8. The van der Waals surface area contributed by atoms with E-state index in [4.69, 9.17) is 5.11 Å². The zero-order chi connectivity index (χ0) is 10.0. The fourth-order valence-electron chi connectivity index (χ4n) is 1.22. The number of aliphatic carboxylic acids is 1. The average Bonchev–Trinajstić information content (AvgIpc) is 2.29. The molecule has 1 atom stereocenters. The first kappa shape index (κ1) is 9.50. The second kappa shape index (κ2) is 3.42. The van der Waals surface area contributed by atoms with Crippen LogP contribution in [0.25, 0.3) is 0 Å². The SMILES string of the molecule is CC(CC(=O)O)N1C(=O)CNC1=O. The van der Waals surface area contributed by atoms with Crippen LogP contribution in [-0.4, -0.2) is 40.5 Å². The molecule has 0 bridgehead atoms. The molecule has 1 aliphatic heterocycles. The van der Waals surface area contributed by atoms with E-state index in [9.17, 15) is 14.4 Å². The van der Waals surface area contributed by atoms with Crippen molar-refractivity contribution >= 4 is 17.9 Å². The number of hydrogen-bond donors (Lipinski definition) is 2. The molecule has 13 heavy (non-hydrogen) atoms. The van der Waals surface area contributed by atoms with E-state index in [0.29, 0.717) is 0 Å². The summed E-state index contributed by atoms with van der Waals surface area (Å²) in [5.74, 6) is -1.40. The fraction of sp³-hybridized carbons (Fsp3) is 0.571. The van der Waals surface area contributed by atoms with Gasteiger partial charge in [-0.1, -0.05) is 0 Å². The third-order valence-corrected chi connectivity index (χ3v) is 1.79. The molecule has 6 nitrogen and oxygen atoms in total. The molecule has 2 N–H and O–H groups in total. The second-order valence-electron chi connectivity index (χ2n) is 2.87. The van der Waals surface area contributed by atoms with E-state index < -0.39 is 18.0 Å². The van der Waals surface area contributed by atoms with Crippen LogP contribution in [0.3, 0.4) is 0 Å². The zero-order valence-electron chi connectivity index (χ0n) is 7.11. The van der Waals surface area contributed by atoms with Crippen molar-refractivity contribution in [2.75, 3.05) is 6.54 Å². The molecule has 0 spiro atoms. The van der Waals surface area contributed by atoms with Gasteiger partial charge in [0, 0.05) is 6.04 Å². The highest BCUT2D eigenvalue weighted by atomic mass is 16.4. The molecule has 0 aromatic rings. The minimum atomic E-state index is -1.03. The number of carboxylic acids is 1. The molecule has 6 heteroatoms. The van der Waals surface area contributed by atoms with Crippen LogP contribution in [0, 0.1) is 0 Å². The van der Waals surface area contributed by atoms with Crippen molar-refractivity contribution in [3.63, 3.8) is 0 Å². The maximum Gasteiger partial charge on any atom is 0.324 e. The molecule has 72 valence electrons. The van der Waals surface area contributed by atoms with E-state index in [-0.39, 0.29) is 18.9 Å². The van der Waals surface area contributed by atoms with Crippen LogP contribution in [0.2, 0.25) is 0 Å². The molecule has 3 amide bonds. The van der Waals surface area contributed by atoms with Crippen LogP contribution in [0.15, 0.2) is 0 Å². The monoisotopic (exact) mass is 186 g/mol. The van der Waals surface area contributed by atoms with Crippen LogP contribution in [0.1, 0.15) is 13.3 Å². The van der Waals surface area contributed by atoms with Crippen molar-refractivity contribution in [3.8, 4) is 0 Å². The van der Waals surface area contributed by atoms with Crippen LogP contribution in [0.4, 0.5) is 4.79 Å². The maximum absolute atomic E-state index is 11.1. The van der Waals surface area contributed by atoms with Crippen molar-refractivity contribution in [3.05, 3.63) is 0 Å². The van der Waals surface area contributed by atoms with E-state index in [2.05, 4.69) is 5.32 Å². The molecular weight excluding hydrogens is 176 g/mol. The van der Waals surface area contributed by atoms with Gasteiger partial charge in [-0.15, -0.1) is 0 Å². The molecule has 1 fully saturated rings. The van der Waals surface area contributed by atoms with Gasteiger partial charge < -0.3 is 10.4 Å². The van der Waals surface area contributed by atoms with Gasteiger partial charge in [-0.2, -0.15) is 0 Å². The molecule has 0 aromatic carbocycles. The molecular formula is C7H10N2O4. The summed E-state index contributed by atoms with van der Waals surface area (Å²) in [6, 6.07) is -1.11. The van der Waals surface area contributed by atoms with Gasteiger partial charge in [0.15, 0.2) is 0 Å². The number of imide groups is 1. The van der Waals surface area contributed by atoms with E-state index in [1.54, 1.807) is 0 Å². The van der Waals surface area contributed by atoms with E-state index in [1.807, 2.05) is 0 Å². The molecule has 0 radical (unpaired) electrons. The number of nitrogens with one attached hydrogen (secondary N) is 1. The lowest BCUT2D eigenvalue weighted by Crippen LogP contribution is -2.39. The van der Waals surface area contributed by atoms with Gasteiger partial charge in [-0.3, -0.25) is 14.5 Å². The molecule has 1 unspecified atom stereocenters. The number of nitrogens with zero attached hydrogens (tertiary/aromatic N) is 1. The van der Waals surface area contributed by atoms with Gasteiger partial charge in [-0.25, -0.2) is 4.79 Å². The smallest absolute Gasteiger partial charge is 0.324 e. The van der Waals surface area contributed by atoms with E-state index in [0.717, 1.165) is 4.90 Å². The first-order chi connectivity index (χ1) is 6.02. The Bertz CT molecular complexity index is 247. The lowest BCUT2D eigenvalue weighted by Gasteiger charge is -2.18. The van der Waals surface area contributed by atoms with Gasteiger partial charge in [-0.05, 0) is 6.92 Å². The van der Waals surface area contributed by atoms with Crippen LogP contribution < -0.4 is 5.32 Å². The lowest BCUT2D eigenvalue weighted by molar-refractivity contribution is -0.138. The third kappa shape index (κ3) is 1.95. The van der Waals surface area contributed by atoms with Crippen molar-refractivity contribution in [2.24, 2.45) is 0 Å². The third-order valence-electron chi connectivity index (χ3n) is 1.79. The Balaban J connectivity index is 2.64. The maximum atomic E-state index is 11.1. The van der Waals surface area contributed by atoms with Crippen LogP contribution in [-0.2, 0) is 9.59 Å². The molecule has 0 aliphatic carbocycles. The number of urea groups is 1. The number of carbonyl (C=O) groups is 3. The molecule has 0 saturated carbocycles. The van der Waals surface area contributed by atoms with Crippen molar-refractivity contribution in [2.45, 2.75) is 19.4 Å².